The van der Waals surface area contributed by atoms with Crippen molar-refractivity contribution in [2.24, 2.45) is 16.8 Å². The van der Waals surface area contributed by atoms with E-state index in [1.165, 1.54) is 96.3 Å². The molecule has 2 unspecified atom stereocenters. The van der Waals surface area contributed by atoms with Gasteiger partial charge in [-0.3, -0.25) is 4.99 Å². The Balaban J connectivity index is 0.967. The molecule has 3 aromatic rings. The van der Waals surface area contributed by atoms with Gasteiger partial charge in [-0.1, -0.05) is 107 Å². The van der Waals surface area contributed by atoms with Gasteiger partial charge >= 0.3 is 0 Å². The summed E-state index contributed by atoms with van der Waals surface area (Å²) in [5, 5.41) is 0. The van der Waals surface area contributed by atoms with Crippen LogP contribution in [-0.4, -0.2) is 12.8 Å². The smallest absolute Gasteiger partial charge is 0.119 e. The maximum atomic E-state index is 6.00. The van der Waals surface area contributed by atoms with Crippen LogP contribution in [0.5, 0.6) is 5.75 Å². The van der Waals surface area contributed by atoms with Crippen molar-refractivity contribution >= 4 is 11.9 Å². The van der Waals surface area contributed by atoms with Gasteiger partial charge < -0.3 is 4.74 Å². The van der Waals surface area contributed by atoms with Gasteiger partial charge in [-0.15, -0.1) is 0 Å². The summed E-state index contributed by atoms with van der Waals surface area (Å²) in [7, 11) is 0. The van der Waals surface area contributed by atoms with Gasteiger partial charge in [0.1, 0.15) is 5.75 Å². The van der Waals surface area contributed by atoms with Crippen LogP contribution in [0.25, 0.3) is 0 Å². The molecular weight excluding hydrogens is 522 g/mol. The van der Waals surface area contributed by atoms with Crippen LogP contribution in [0, 0.1) is 11.8 Å². The first-order chi connectivity index (χ1) is 21.2. The van der Waals surface area contributed by atoms with E-state index in [1.54, 1.807) is 11.1 Å². The van der Waals surface area contributed by atoms with Gasteiger partial charge in [-0.25, -0.2) is 0 Å². The highest BCUT2D eigenvalue weighted by molar-refractivity contribution is 5.82. The number of aliphatic imine (C=N–C) groups is 1. The summed E-state index contributed by atoms with van der Waals surface area (Å²) < 4.78 is 6.00. The molecule has 4 aliphatic rings. The minimum Gasteiger partial charge on any atom is -0.494 e. The zero-order valence-electron chi connectivity index (χ0n) is 26.6. The van der Waals surface area contributed by atoms with Crippen LogP contribution in [0.15, 0.2) is 83.9 Å². The monoisotopic (exact) mass is 575 g/mol. The van der Waals surface area contributed by atoms with E-state index in [0.717, 1.165) is 41.9 Å². The van der Waals surface area contributed by atoms with Gasteiger partial charge in [-0.2, -0.15) is 0 Å². The lowest BCUT2D eigenvalue weighted by molar-refractivity contribution is -0.0281. The van der Waals surface area contributed by atoms with Gasteiger partial charge in [-0.05, 0) is 121 Å². The Kier molecular flexibility index (Phi) is 10.0. The van der Waals surface area contributed by atoms with Crippen molar-refractivity contribution in [3.63, 3.8) is 0 Å². The van der Waals surface area contributed by atoms with Gasteiger partial charge in [0, 0.05) is 6.21 Å². The molecule has 228 valence electrons. The first kappa shape index (κ1) is 30.2. The molecular formula is C41H53NO. The van der Waals surface area contributed by atoms with Crippen LogP contribution >= 0.6 is 0 Å². The largest absolute Gasteiger partial charge is 0.494 e. The van der Waals surface area contributed by atoms with Crippen molar-refractivity contribution in [1.82, 2.24) is 0 Å². The van der Waals surface area contributed by atoms with Crippen molar-refractivity contribution in [3.05, 3.63) is 95.6 Å². The molecule has 0 amide bonds. The van der Waals surface area contributed by atoms with Crippen LogP contribution in [-0.2, 0) is 10.8 Å². The molecule has 4 bridgehead atoms. The van der Waals surface area contributed by atoms with Gasteiger partial charge in [0.05, 0.1) is 12.3 Å². The first-order valence-electron chi connectivity index (χ1n) is 17.6. The number of unbranched alkanes of at least 4 members (excludes halogenated alkanes) is 9. The molecule has 0 saturated heterocycles. The lowest BCUT2D eigenvalue weighted by Crippen LogP contribution is -2.55. The fraction of sp³-hybridized carbons (Fsp3) is 0.537. The van der Waals surface area contributed by atoms with Crippen molar-refractivity contribution in [2.75, 3.05) is 6.61 Å². The zero-order valence-corrected chi connectivity index (χ0v) is 26.6. The Labute approximate surface area is 261 Å². The van der Waals surface area contributed by atoms with E-state index in [4.69, 9.17) is 9.73 Å². The van der Waals surface area contributed by atoms with E-state index in [0.29, 0.717) is 10.8 Å². The number of ether oxygens (including phenoxy) is 1. The maximum Gasteiger partial charge on any atom is 0.119 e. The van der Waals surface area contributed by atoms with Gasteiger partial charge in [0.25, 0.3) is 0 Å². The third kappa shape index (κ3) is 7.44. The lowest BCUT2D eigenvalue weighted by Gasteiger charge is -2.62. The average Bonchev–Trinajstić information content (AvgIpc) is 3.03. The molecule has 2 heteroatoms. The lowest BCUT2D eigenvalue weighted by atomic mass is 9.42. The minimum atomic E-state index is 0.339. The van der Waals surface area contributed by atoms with Crippen molar-refractivity contribution in [2.45, 2.75) is 120 Å². The summed E-state index contributed by atoms with van der Waals surface area (Å²) in [6.07, 6.45) is 23.8. The Morgan fingerprint density at radius 3 is 1.81 bits per heavy atom. The summed E-state index contributed by atoms with van der Waals surface area (Å²) >= 11 is 0. The molecule has 4 aliphatic carbocycles. The molecule has 0 spiro atoms. The number of benzene rings is 3. The van der Waals surface area contributed by atoms with E-state index in [1.807, 2.05) is 6.21 Å². The molecule has 2 atom stereocenters. The predicted octanol–water partition coefficient (Wildman–Crippen LogP) is 11.5. The van der Waals surface area contributed by atoms with Crippen molar-refractivity contribution < 1.29 is 4.74 Å². The molecule has 0 heterocycles. The quantitative estimate of drug-likeness (QED) is 0.123. The zero-order chi connectivity index (χ0) is 29.4. The maximum absolute atomic E-state index is 6.00. The molecule has 2 nitrogen and oxygen atoms in total. The van der Waals surface area contributed by atoms with Gasteiger partial charge in [0.15, 0.2) is 0 Å². The first-order valence-corrected chi connectivity index (χ1v) is 17.6. The Morgan fingerprint density at radius 2 is 1.21 bits per heavy atom. The second-order valence-corrected chi connectivity index (χ2v) is 14.3. The molecule has 0 aliphatic heterocycles. The van der Waals surface area contributed by atoms with E-state index >= 15 is 0 Å². The molecule has 0 radical (unpaired) electrons. The fourth-order valence-electron chi connectivity index (χ4n) is 9.21. The molecule has 0 aromatic heterocycles. The standard InChI is InChI=1S/C41H53NO/c1-2-3-4-5-6-7-8-9-10-14-25-43-39-23-17-33(18-24-39)31-42-38-21-19-37(20-22-38)41-29-34-26-35(30-41)28-40(27-34,32-41)36-15-12-11-13-16-36/h11-13,15-24,31,34-35H,2-10,14,25-30,32H2,1H3. The van der Waals surface area contributed by atoms with Gasteiger partial charge in [0.2, 0.25) is 0 Å². The summed E-state index contributed by atoms with van der Waals surface area (Å²) in [5.74, 6) is 2.71. The van der Waals surface area contributed by atoms with Crippen LogP contribution in [0.4, 0.5) is 5.69 Å². The van der Waals surface area contributed by atoms with E-state index in [2.05, 4.69) is 85.8 Å². The fourth-order valence-corrected chi connectivity index (χ4v) is 9.21. The molecule has 4 fully saturated rings. The van der Waals surface area contributed by atoms with E-state index < -0.39 is 0 Å². The number of hydrogen-bond donors (Lipinski definition) is 0. The molecule has 3 aromatic carbocycles. The number of nitrogens with zero attached hydrogens (tertiary/aromatic N) is 1. The Hall–Kier alpha value is -2.87. The SMILES string of the molecule is CCCCCCCCCCCCOc1ccc(C=Nc2ccc(C34CC5CC(CC(c6ccccc6)(C5)C3)C4)cc2)cc1. The van der Waals surface area contributed by atoms with Crippen LogP contribution in [0.3, 0.4) is 0 Å². The predicted molar refractivity (Wildman–Crippen MR) is 182 cm³/mol. The van der Waals surface area contributed by atoms with Crippen LogP contribution in [0.1, 0.15) is 126 Å². The Morgan fingerprint density at radius 1 is 0.651 bits per heavy atom. The topological polar surface area (TPSA) is 21.6 Å². The van der Waals surface area contributed by atoms with Crippen LogP contribution in [0.2, 0.25) is 0 Å². The Bertz CT molecular complexity index is 1280. The summed E-state index contributed by atoms with van der Waals surface area (Å²) in [5.41, 5.74) is 6.00. The molecule has 43 heavy (non-hydrogen) atoms. The summed E-state index contributed by atoms with van der Waals surface area (Å²) in [6.45, 7) is 3.10. The van der Waals surface area contributed by atoms with Crippen molar-refractivity contribution in [1.29, 1.82) is 0 Å². The molecule has 0 N–H and O–H groups in total. The van der Waals surface area contributed by atoms with Crippen molar-refractivity contribution in [3.8, 4) is 5.75 Å². The number of hydrogen-bond acceptors (Lipinski definition) is 2. The second-order valence-electron chi connectivity index (χ2n) is 14.3. The third-order valence-corrected chi connectivity index (χ3v) is 10.9. The molecule has 7 rings (SSSR count). The number of rotatable bonds is 16. The van der Waals surface area contributed by atoms with E-state index in [-0.39, 0.29) is 0 Å². The third-order valence-electron chi connectivity index (χ3n) is 10.9. The average molecular weight is 576 g/mol. The second kappa shape index (κ2) is 14.3. The summed E-state index contributed by atoms with van der Waals surface area (Å²) in [6, 6.07) is 29.1. The normalized spacial score (nSPS) is 25.9. The highest BCUT2D eigenvalue weighted by Gasteiger charge is 2.58. The molecule has 4 saturated carbocycles. The highest BCUT2D eigenvalue weighted by Crippen LogP contribution is 2.66. The van der Waals surface area contributed by atoms with Crippen LogP contribution < -0.4 is 4.74 Å². The highest BCUT2D eigenvalue weighted by atomic mass is 16.5. The van der Waals surface area contributed by atoms with E-state index in [9.17, 15) is 0 Å². The summed E-state index contributed by atoms with van der Waals surface area (Å²) in [4.78, 5) is 4.82. The minimum absolute atomic E-state index is 0.339.